The van der Waals surface area contributed by atoms with Crippen LogP contribution in [-0.4, -0.2) is 57.5 Å². The van der Waals surface area contributed by atoms with Gasteiger partial charge in [0, 0.05) is 37.2 Å². The summed E-state index contributed by atoms with van der Waals surface area (Å²) in [6, 6.07) is 4.95. The lowest BCUT2D eigenvalue weighted by molar-refractivity contribution is 0.0826. The molecule has 3 N–H and O–H groups in total. The van der Waals surface area contributed by atoms with E-state index in [0.29, 0.717) is 60.9 Å². The summed E-state index contributed by atoms with van der Waals surface area (Å²) in [6.45, 7) is 1.39. The molecule has 0 bridgehead atoms. The molecule has 172 valence electrons. The Bertz CT molecular complexity index is 1290. The minimum Gasteiger partial charge on any atom is -0.381 e. The minimum absolute atomic E-state index is 0.130. The van der Waals surface area contributed by atoms with Gasteiger partial charge in [0.25, 0.3) is 11.5 Å². The fraction of sp³-hybridized carbons (Fsp3) is 0.455. The number of fused-ring (bicyclic) bond motifs is 2. The first-order chi connectivity index (χ1) is 16.0. The van der Waals surface area contributed by atoms with Gasteiger partial charge < -0.3 is 25.3 Å². The van der Waals surface area contributed by atoms with Gasteiger partial charge in [-0.15, -0.1) is 0 Å². The number of nitrogens with zero attached hydrogens (tertiary/aromatic N) is 4. The summed E-state index contributed by atoms with van der Waals surface area (Å²) in [6.07, 6.45) is 3.27. The summed E-state index contributed by atoms with van der Waals surface area (Å²) in [5.74, 6) is 1.35. The summed E-state index contributed by atoms with van der Waals surface area (Å²) in [5, 5.41) is 13.1. The first kappa shape index (κ1) is 20.2. The minimum atomic E-state index is -1.02. The van der Waals surface area contributed by atoms with E-state index in [1.807, 2.05) is 12.3 Å². The van der Waals surface area contributed by atoms with Gasteiger partial charge in [-0.2, -0.15) is 9.61 Å². The number of amides is 1. The van der Waals surface area contributed by atoms with E-state index in [1.165, 1.54) is 10.7 Å². The maximum Gasteiger partial charge on any atom is 0.274 e. The molecule has 1 amide bonds. The molecule has 10 nitrogen and oxygen atoms in total. The monoisotopic (exact) mass is 453 g/mol. The molecule has 1 aliphatic heterocycles. The second kappa shape index (κ2) is 7.55. The Labute approximate surface area is 188 Å². The number of rotatable bonds is 6. The summed E-state index contributed by atoms with van der Waals surface area (Å²) in [4.78, 5) is 30.4. The van der Waals surface area contributed by atoms with Crippen LogP contribution in [0.15, 0.2) is 35.4 Å². The van der Waals surface area contributed by atoms with Crippen LogP contribution >= 0.6 is 0 Å². The van der Waals surface area contributed by atoms with E-state index >= 15 is 0 Å². The van der Waals surface area contributed by atoms with Crippen LogP contribution in [-0.2, 0) is 4.74 Å². The van der Waals surface area contributed by atoms with Gasteiger partial charge in [-0.25, -0.2) is 9.37 Å². The second-order valence-corrected chi connectivity index (χ2v) is 8.86. The molecule has 0 unspecified atom stereocenters. The number of hydrogen-bond donors (Lipinski definition) is 3. The number of halogens is 1. The highest BCUT2D eigenvalue weighted by Gasteiger charge is 2.55. The number of ether oxygens (including phenoxy) is 1. The molecule has 5 atom stereocenters. The molecule has 6 rings (SSSR count). The number of nitrogens with one attached hydrogen (secondary N) is 3. The van der Waals surface area contributed by atoms with Crippen LogP contribution in [0.2, 0.25) is 0 Å². The van der Waals surface area contributed by atoms with Crippen molar-refractivity contribution in [3.63, 3.8) is 0 Å². The zero-order valence-electron chi connectivity index (χ0n) is 18.0. The van der Waals surface area contributed by atoms with E-state index in [9.17, 15) is 14.0 Å². The predicted molar refractivity (Wildman–Crippen MR) is 119 cm³/mol. The third-order valence-corrected chi connectivity index (χ3v) is 6.94. The van der Waals surface area contributed by atoms with Crippen molar-refractivity contribution >= 4 is 28.9 Å². The van der Waals surface area contributed by atoms with E-state index in [1.54, 1.807) is 23.7 Å². The summed E-state index contributed by atoms with van der Waals surface area (Å²) >= 11 is 0. The van der Waals surface area contributed by atoms with Gasteiger partial charge in [-0.3, -0.25) is 9.59 Å². The first-order valence-corrected chi connectivity index (χ1v) is 11.1. The average Bonchev–Trinajstić information content (AvgIpc) is 3.15. The Kier molecular flexibility index (Phi) is 4.61. The lowest BCUT2D eigenvalue weighted by Gasteiger charge is -2.30. The van der Waals surface area contributed by atoms with Crippen LogP contribution in [0, 0.1) is 11.8 Å². The molecular weight excluding hydrogens is 429 g/mol. The van der Waals surface area contributed by atoms with Crippen LogP contribution in [0.5, 0.6) is 0 Å². The Morgan fingerprint density at radius 2 is 2.09 bits per heavy atom. The first-order valence-electron chi connectivity index (χ1n) is 11.1. The lowest BCUT2D eigenvalue weighted by atomic mass is 9.90. The highest BCUT2D eigenvalue weighted by atomic mass is 19.1. The summed E-state index contributed by atoms with van der Waals surface area (Å²) in [5.41, 5.74) is 0.810. The van der Waals surface area contributed by atoms with Crippen molar-refractivity contribution in [1.82, 2.24) is 24.5 Å². The van der Waals surface area contributed by atoms with Gasteiger partial charge in [0.2, 0.25) is 0 Å². The van der Waals surface area contributed by atoms with Gasteiger partial charge in [0.15, 0.2) is 5.65 Å². The average molecular weight is 453 g/mol. The molecular formula is C22H24FN7O3. The van der Waals surface area contributed by atoms with Gasteiger partial charge >= 0.3 is 0 Å². The third kappa shape index (κ3) is 3.26. The van der Waals surface area contributed by atoms with Crippen molar-refractivity contribution in [1.29, 1.82) is 0 Å². The van der Waals surface area contributed by atoms with Crippen molar-refractivity contribution < 1.29 is 13.9 Å². The normalized spacial score (nSPS) is 27.6. The van der Waals surface area contributed by atoms with Crippen molar-refractivity contribution in [2.75, 3.05) is 30.9 Å². The smallest absolute Gasteiger partial charge is 0.274 e. The zero-order chi connectivity index (χ0) is 22.7. The van der Waals surface area contributed by atoms with Crippen molar-refractivity contribution in [2.24, 2.45) is 11.8 Å². The highest BCUT2D eigenvalue weighted by Crippen LogP contribution is 2.53. The highest BCUT2D eigenvalue weighted by molar-refractivity contribution is 6.00. The molecule has 3 aromatic rings. The quantitative estimate of drug-likeness (QED) is 0.521. The number of alkyl halides is 1. The van der Waals surface area contributed by atoms with Crippen molar-refractivity contribution in [3.8, 4) is 0 Å². The third-order valence-electron chi connectivity index (χ3n) is 6.94. The van der Waals surface area contributed by atoms with Gasteiger partial charge in [0.1, 0.15) is 29.1 Å². The molecule has 0 radical (unpaired) electrons. The largest absolute Gasteiger partial charge is 0.381 e. The summed E-state index contributed by atoms with van der Waals surface area (Å²) < 4.78 is 22.3. The molecule has 2 aliphatic carbocycles. The second-order valence-electron chi connectivity index (χ2n) is 8.86. The van der Waals surface area contributed by atoms with Crippen molar-refractivity contribution in [2.45, 2.75) is 31.1 Å². The van der Waals surface area contributed by atoms with Crippen LogP contribution in [0.1, 0.15) is 29.2 Å². The van der Waals surface area contributed by atoms with Crippen LogP contribution in [0.4, 0.5) is 21.7 Å². The molecule has 33 heavy (non-hydrogen) atoms. The summed E-state index contributed by atoms with van der Waals surface area (Å²) in [7, 11) is 1.73. The van der Waals surface area contributed by atoms with Crippen molar-refractivity contribution in [3.05, 3.63) is 46.5 Å². The standard InChI is InChI=1S/C22H24FN7O3/c1-24-18-7-17(26-16-3-2-6-29(22(16)32)19-12-9-33-10-13(12)19)28-20-11(8-25-30(18)20)21(31)27-15-5-4-14(15)23/h2-3,6-8,12-15,19,24H,4-5,9-10H2,1H3,(H,26,28)(H,27,31)/t12-,13+,14-,15+,19+/m1/s1. The fourth-order valence-corrected chi connectivity index (χ4v) is 4.83. The number of hydrogen-bond acceptors (Lipinski definition) is 7. The number of pyridine rings is 1. The predicted octanol–water partition coefficient (Wildman–Crippen LogP) is 1.72. The molecule has 0 spiro atoms. The van der Waals surface area contributed by atoms with Gasteiger partial charge in [0.05, 0.1) is 25.5 Å². The molecule has 2 saturated carbocycles. The van der Waals surface area contributed by atoms with Crippen LogP contribution in [0.25, 0.3) is 5.65 Å². The Balaban J connectivity index is 1.31. The van der Waals surface area contributed by atoms with E-state index in [-0.39, 0.29) is 17.2 Å². The molecule has 1 saturated heterocycles. The fourth-order valence-electron chi connectivity index (χ4n) is 4.83. The van der Waals surface area contributed by atoms with Gasteiger partial charge in [-0.1, -0.05) is 0 Å². The molecule has 11 heteroatoms. The lowest BCUT2D eigenvalue weighted by Crippen LogP contribution is -2.48. The Morgan fingerprint density at radius 3 is 2.79 bits per heavy atom. The zero-order valence-corrected chi connectivity index (χ0v) is 18.0. The Morgan fingerprint density at radius 1 is 1.27 bits per heavy atom. The van der Waals surface area contributed by atoms with E-state index in [2.05, 4.69) is 26.0 Å². The van der Waals surface area contributed by atoms with E-state index in [0.717, 1.165) is 0 Å². The van der Waals surface area contributed by atoms with Crippen LogP contribution in [0.3, 0.4) is 0 Å². The number of anilines is 3. The number of carbonyl (C=O) groups excluding carboxylic acids is 1. The molecule has 3 fully saturated rings. The molecule has 4 heterocycles. The number of carbonyl (C=O) groups is 1. The molecule has 3 aliphatic rings. The SMILES string of the molecule is CNc1cc(Nc2cccn([C@H]3[C@@H]4COC[C@@H]43)c2=O)nc2c(C(=O)N[C@H]3CC[C@H]3F)cnn12. The van der Waals surface area contributed by atoms with Crippen LogP contribution < -0.4 is 21.5 Å². The topological polar surface area (TPSA) is 115 Å². The maximum absolute atomic E-state index is 13.6. The molecule has 3 aromatic heterocycles. The van der Waals surface area contributed by atoms with Gasteiger partial charge in [-0.05, 0) is 25.0 Å². The number of aromatic nitrogens is 4. The van der Waals surface area contributed by atoms with E-state index < -0.39 is 18.1 Å². The Hall–Kier alpha value is -3.47. The van der Waals surface area contributed by atoms with E-state index in [4.69, 9.17) is 4.74 Å². The molecule has 0 aromatic carbocycles. The maximum atomic E-state index is 13.6.